The number of carboxylic acid groups (broad SMARTS) is 2. The first-order valence-electron chi connectivity index (χ1n) is 1.38. The summed E-state index contributed by atoms with van der Waals surface area (Å²) >= 11 is 0. The van der Waals surface area contributed by atoms with Crippen LogP contribution in [0.4, 0.5) is 4.79 Å². The molecule has 64 valence electrons. The number of hydrogen-bond donors (Lipinski definition) is 2. The molecule has 7 nitrogen and oxygen atoms in total. The fraction of sp³-hybridized carbons (Fsp3) is 0. The third-order valence-corrected chi connectivity index (χ3v) is 0. The molecule has 0 aliphatic carbocycles. The van der Waals surface area contributed by atoms with Gasteiger partial charge < -0.3 is 34.2 Å². The molecule has 0 radical (unpaired) electrons. The molecule has 0 spiro atoms. The minimum absolute atomic E-state index is 0. The van der Waals surface area contributed by atoms with Crippen molar-refractivity contribution in [2.75, 3.05) is 0 Å². The number of rotatable bonds is 0. The van der Waals surface area contributed by atoms with Crippen molar-refractivity contribution in [2.45, 2.75) is 0 Å². The van der Waals surface area contributed by atoms with Crippen molar-refractivity contribution < 1.29 is 39.0 Å². The van der Waals surface area contributed by atoms with Gasteiger partial charge in [0.05, 0.1) is 0 Å². The molecule has 0 bridgehead atoms. The summed E-state index contributed by atoms with van der Waals surface area (Å²) in [5.74, 6) is 0. The van der Waals surface area contributed by atoms with Crippen LogP contribution in [0.2, 0.25) is 0 Å². The smallest absolute Gasteiger partial charge is 1.00 e. The van der Waals surface area contributed by atoms with Crippen molar-refractivity contribution in [3.05, 3.63) is 0 Å². The third-order valence-electron chi connectivity index (χ3n) is 0. The van der Waals surface area contributed by atoms with E-state index in [2.05, 4.69) is 0 Å². The van der Waals surface area contributed by atoms with E-state index in [0.29, 0.717) is 0 Å². The van der Waals surface area contributed by atoms with E-state index in [-0.39, 0.29) is 87.9 Å². The number of phosphoric acid groups is 1. The van der Waals surface area contributed by atoms with E-state index in [0.717, 1.165) is 0 Å². The van der Waals surface area contributed by atoms with Crippen molar-refractivity contribution in [1.29, 1.82) is 0 Å². The van der Waals surface area contributed by atoms with E-state index in [1.54, 1.807) is 0 Å². The van der Waals surface area contributed by atoms with E-state index in [1.807, 2.05) is 0 Å². The first kappa shape index (κ1) is 29.2. The summed E-state index contributed by atoms with van der Waals surface area (Å²) in [6, 6.07) is 0. The zero-order valence-electron chi connectivity index (χ0n) is 5.68. The molecule has 0 saturated heterocycles. The van der Waals surface area contributed by atoms with Crippen LogP contribution < -0.4 is 19.4 Å². The Hall–Kier alpha value is 2.05. The zero-order valence-corrected chi connectivity index (χ0v) is 12.3. The monoisotopic (exact) mass is 304 g/mol. The van der Waals surface area contributed by atoms with Gasteiger partial charge in [-0.05, 0) is 0 Å². The van der Waals surface area contributed by atoms with Crippen molar-refractivity contribution in [2.24, 2.45) is 0 Å². The maximum Gasteiger partial charge on any atom is 2.00 e. The average Bonchev–Trinajstić information content (AvgIpc) is 1.19. The van der Waals surface area contributed by atoms with Crippen LogP contribution in [0.3, 0.4) is 0 Å². The number of halogens is 1. The van der Waals surface area contributed by atoms with Crippen molar-refractivity contribution in [1.82, 2.24) is 0 Å². The molecular weight excluding hydrogens is 302 g/mol. The molecule has 0 aliphatic heterocycles. The molecule has 0 atom stereocenters. The summed E-state index contributed by atoms with van der Waals surface area (Å²) < 4.78 is 8.55. The second-order valence-corrected chi connectivity index (χ2v) is 1.62. The van der Waals surface area contributed by atoms with Gasteiger partial charge in [-0.25, -0.2) is 4.79 Å². The van der Waals surface area contributed by atoms with Crippen molar-refractivity contribution >= 4 is 97.2 Å². The topological polar surface area (TPSA) is 144 Å². The van der Waals surface area contributed by atoms with Crippen LogP contribution >= 0.6 is 7.82 Å². The summed E-state index contributed by atoms with van der Waals surface area (Å²) in [5, 5.41) is 13.9. The molecule has 0 amide bonds. The summed E-state index contributed by atoms with van der Waals surface area (Å²) in [6.45, 7) is 0. The Kier molecular flexibility index (Phi) is 37.8. The summed E-state index contributed by atoms with van der Waals surface area (Å²) in [6.07, 6.45) is -1.83. The van der Waals surface area contributed by atoms with Gasteiger partial charge in [-0.2, -0.15) is 7.82 Å². The first-order valence-corrected chi connectivity index (χ1v) is 2.84. The van der Waals surface area contributed by atoms with Gasteiger partial charge in [0.1, 0.15) is 0 Å². The molecule has 0 heterocycles. The maximum absolute atomic E-state index is 8.56. The molecule has 0 rings (SSSR count). The van der Waals surface area contributed by atoms with Gasteiger partial charge in [-0.1, -0.05) is 0 Å². The fourth-order valence-electron chi connectivity index (χ4n) is 0. The van der Waals surface area contributed by atoms with E-state index in [1.165, 1.54) is 0 Å². The Balaban J connectivity index is -0.0000000221. The normalized spacial score (nSPS) is 6.92. The molecule has 2 N–H and O–H groups in total. The van der Waals surface area contributed by atoms with Gasteiger partial charge in [0.25, 0.3) is 0 Å². The van der Waals surface area contributed by atoms with E-state index >= 15 is 0 Å². The fourth-order valence-corrected chi connectivity index (χ4v) is 0. The van der Waals surface area contributed by atoms with Crippen LogP contribution in [0.15, 0.2) is 0 Å². The Bertz CT molecular complexity index is 123. The van der Waals surface area contributed by atoms with Crippen LogP contribution in [0.25, 0.3) is 0 Å². The molecule has 0 saturated carbocycles. The van der Waals surface area contributed by atoms with E-state index < -0.39 is 14.0 Å². The zero-order chi connectivity index (χ0) is 8.08. The van der Waals surface area contributed by atoms with Crippen LogP contribution in [0.5, 0.6) is 0 Å². The standard InChI is InChI=1S/CH2O3.Ca.FH.H3O4P.Sr/c2-1(3)4;;;1-5(2,3)4;/h(H2,2,3,4);;1H;(H3,1,2,3,4);/q;+2;;;+2/p-4. The van der Waals surface area contributed by atoms with Crippen LogP contribution in [0, 0.1) is 0 Å². The molecule has 12 heavy (non-hydrogen) atoms. The minimum atomic E-state index is -5.39. The van der Waals surface area contributed by atoms with Crippen LogP contribution in [-0.2, 0) is 4.57 Å². The molecule has 0 fully saturated rings. The summed E-state index contributed by atoms with van der Waals surface area (Å²) in [4.78, 5) is 34.2. The molecule has 0 unspecified atom stereocenters. The molecule has 11 heteroatoms. The Morgan fingerprint density at radius 3 is 1.17 bits per heavy atom. The second kappa shape index (κ2) is 15.5. The number of hydrogen-bond acceptors (Lipinski definition) is 5. The van der Waals surface area contributed by atoms with Crippen LogP contribution in [0.1, 0.15) is 0 Å². The van der Waals surface area contributed by atoms with Gasteiger partial charge >= 0.3 is 89.4 Å². The first-order chi connectivity index (χ1) is 3.73. The minimum Gasteiger partial charge on any atom is -1.00 e. The molecule has 0 aliphatic rings. The Morgan fingerprint density at radius 1 is 1.17 bits per heavy atom. The second-order valence-electron chi connectivity index (χ2n) is 0.730. The van der Waals surface area contributed by atoms with Crippen LogP contribution in [-0.4, -0.2) is 99.6 Å². The van der Waals surface area contributed by atoms with Gasteiger partial charge in [0, 0.05) is 0 Å². The predicted molar refractivity (Wildman–Crippen MR) is 29.8 cm³/mol. The van der Waals surface area contributed by atoms with Crippen molar-refractivity contribution in [3.63, 3.8) is 0 Å². The van der Waals surface area contributed by atoms with Gasteiger partial charge in [0.2, 0.25) is 0 Å². The van der Waals surface area contributed by atoms with E-state index in [4.69, 9.17) is 34.3 Å². The van der Waals surface area contributed by atoms with E-state index in [9.17, 15) is 0 Å². The average molecular weight is 304 g/mol. The van der Waals surface area contributed by atoms with Gasteiger partial charge in [-0.3, -0.25) is 0 Å². The van der Waals surface area contributed by atoms with Gasteiger partial charge in [-0.15, -0.1) is 0 Å². The SMILES string of the molecule is O=C(O)O.O=P([O-])([O-])[O-].[Ca+2].[F-].[Sr+2]. The quantitative estimate of drug-likeness (QED) is 0.334. The third kappa shape index (κ3) is 350. The summed E-state index contributed by atoms with van der Waals surface area (Å²) in [5.41, 5.74) is 0. The Labute approximate surface area is 134 Å². The number of carbonyl (C=O) groups is 1. The maximum atomic E-state index is 8.56. The molecular formula is CH2CaFO7PSr. The summed E-state index contributed by atoms with van der Waals surface area (Å²) in [7, 11) is -5.39. The molecule has 0 aromatic carbocycles. The predicted octanol–water partition coefficient (Wildman–Crippen LogP) is -6.36. The van der Waals surface area contributed by atoms with Gasteiger partial charge in [0.15, 0.2) is 0 Å². The van der Waals surface area contributed by atoms with Crippen molar-refractivity contribution in [3.8, 4) is 0 Å². The molecule has 0 aromatic rings. The Morgan fingerprint density at radius 2 is 1.17 bits per heavy atom. The molecule has 0 aromatic heterocycles. The largest absolute Gasteiger partial charge is 2.00 e.